The van der Waals surface area contributed by atoms with Crippen molar-refractivity contribution in [1.82, 2.24) is 0 Å². The summed E-state index contributed by atoms with van der Waals surface area (Å²) >= 11 is 0. The van der Waals surface area contributed by atoms with Crippen molar-refractivity contribution in [2.24, 2.45) is 10.2 Å². The molecule has 6 heteroatoms. The van der Waals surface area contributed by atoms with Gasteiger partial charge >= 0.3 is 6.18 Å². The highest BCUT2D eigenvalue weighted by atomic mass is 19.4. The highest BCUT2D eigenvalue weighted by Gasteiger charge is 2.29. The van der Waals surface area contributed by atoms with E-state index in [2.05, 4.69) is 10.2 Å². The Hall–Kier alpha value is -2.37. The molecule has 0 unspecified atom stereocenters. The molecule has 104 valence electrons. The number of alkyl halides is 3. The van der Waals surface area contributed by atoms with E-state index in [1.165, 1.54) is 24.3 Å². The number of benzene rings is 2. The molecule has 2 aromatic carbocycles. The van der Waals surface area contributed by atoms with Crippen LogP contribution in [0.1, 0.15) is 11.1 Å². The quantitative estimate of drug-likeness (QED) is 0.814. The fourth-order valence-corrected chi connectivity index (χ4v) is 1.52. The van der Waals surface area contributed by atoms with Gasteiger partial charge in [0.25, 0.3) is 0 Å². The fraction of sp³-hybridized carbons (Fsp3) is 0.143. The van der Waals surface area contributed by atoms with Crippen LogP contribution in [0.4, 0.5) is 18.9 Å². The second-order valence-corrected chi connectivity index (χ2v) is 4.11. The molecule has 0 saturated heterocycles. The molecule has 0 saturated carbocycles. The third-order valence-corrected chi connectivity index (χ3v) is 2.57. The predicted octanol–water partition coefficient (Wildman–Crippen LogP) is 4.69. The lowest BCUT2D eigenvalue weighted by Gasteiger charge is -2.05. The van der Waals surface area contributed by atoms with Crippen molar-refractivity contribution in [2.75, 3.05) is 0 Å². The Morgan fingerprint density at radius 1 is 0.900 bits per heavy atom. The summed E-state index contributed by atoms with van der Waals surface area (Å²) in [5.41, 5.74) is 0.491. The van der Waals surface area contributed by atoms with Gasteiger partial charge in [-0.05, 0) is 42.0 Å². The van der Waals surface area contributed by atoms with E-state index in [1.807, 2.05) is 0 Å². The van der Waals surface area contributed by atoms with Gasteiger partial charge in [-0.3, -0.25) is 0 Å². The summed E-state index contributed by atoms with van der Waals surface area (Å²) in [5.74, 6) is 0.161. The van der Waals surface area contributed by atoms with Crippen LogP contribution in [0.2, 0.25) is 0 Å². The molecule has 3 nitrogen and oxygen atoms in total. The summed E-state index contributed by atoms with van der Waals surface area (Å²) in [6, 6.07) is 10.9. The summed E-state index contributed by atoms with van der Waals surface area (Å²) in [6.07, 6.45) is -4.35. The monoisotopic (exact) mass is 280 g/mol. The molecule has 0 spiro atoms. The molecule has 0 aliphatic carbocycles. The first-order chi connectivity index (χ1) is 9.45. The van der Waals surface area contributed by atoms with E-state index in [9.17, 15) is 13.2 Å². The lowest BCUT2D eigenvalue weighted by atomic mass is 10.2. The minimum atomic E-state index is -4.35. The molecule has 0 fully saturated rings. The highest BCUT2D eigenvalue weighted by Crippen LogP contribution is 2.30. The minimum absolute atomic E-state index is 0.161. The van der Waals surface area contributed by atoms with Crippen LogP contribution in [-0.4, -0.2) is 5.11 Å². The van der Waals surface area contributed by atoms with E-state index < -0.39 is 11.7 Å². The number of aromatic hydroxyl groups is 1. The van der Waals surface area contributed by atoms with E-state index in [1.54, 1.807) is 12.1 Å². The van der Waals surface area contributed by atoms with Crippen molar-refractivity contribution in [2.45, 2.75) is 12.7 Å². The van der Waals surface area contributed by atoms with Crippen molar-refractivity contribution < 1.29 is 18.3 Å². The van der Waals surface area contributed by atoms with Crippen LogP contribution < -0.4 is 0 Å². The zero-order chi connectivity index (χ0) is 14.6. The maximum Gasteiger partial charge on any atom is 0.416 e. The standard InChI is InChI=1S/C14H11F3N2O/c15-14(16,17)11-3-5-12(6-4-11)19-18-9-10-1-7-13(20)8-2-10/h1-8,20H,9H2. The Bertz CT molecular complexity index is 589. The van der Waals surface area contributed by atoms with Gasteiger partial charge in [-0.15, -0.1) is 0 Å². The van der Waals surface area contributed by atoms with Crippen LogP contribution >= 0.6 is 0 Å². The molecule has 0 aromatic heterocycles. The molecule has 20 heavy (non-hydrogen) atoms. The van der Waals surface area contributed by atoms with Gasteiger partial charge in [0, 0.05) is 0 Å². The Kier molecular flexibility index (Phi) is 4.02. The van der Waals surface area contributed by atoms with Crippen LogP contribution in [-0.2, 0) is 12.7 Å². The highest BCUT2D eigenvalue weighted by molar-refractivity contribution is 5.39. The van der Waals surface area contributed by atoms with E-state index in [-0.39, 0.29) is 5.75 Å². The van der Waals surface area contributed by atoms with E-state index in [0.717, 1.165) is 17.7 Å². The average molecular weight is 280 g/mol. The molecular weight excluding hydrogens is 269 g/mol. The lowest BCUT2D eigenvalue weighted by molar-refractivity contribution is -0.137. The van der Waals surface area contributed by atoms with Crippen molar-refractivity contribution in [3.05, 3.63) is 59.7 Å². The van der Waals surface area contributed by atoms with Gasteiger partial charge < -0.3 is 5.11 Å². The molecule has 2 rings (SSSR count). The maximum absolute atomic E-state index is 12.4. The normalized spacial score (nSPS) is 11.9. The molecule has 0 aliphatic rings. The van der Waals surface area contributed by atoms with Gasteiger partial charge in [0.1, 0.15) is 5.75 Å². The molecular formula is C14H11F3N2O. The largest absolute Gasteiger partial charge is 0.508 e. The van der Waals surface area contributed by atoms with Crippen LogP contribution in [0.25, 0.3) is 0 Å². The van der Waals surface area contributed by atoms with Crippen molar-refractivity contribution in [1.29, 1.82) is 0 Å². The Labute approximate surface area is 113 Å². The SMILES string of the molecule is Oc1ccc(CN=Nc2ccc(C(F)(F)F)cc2)cc1. The number of hydrogen-bond donors (Lipinski definition) is 1. The molecule has 0 radical (unpaired) electrons. The molecule has 0 bridgehead atoms. The third-order valence-electron chi connectivity index (χ3n) is 2.57. The summed E-state index contributed by atoms with van der Waals surface area (Å²) in [7, 11) is 0. The summed E-state index contributed by atoms with van der Waals surface area (Å²) in [4.78, 5) is 0. The summed E-state index contributed by atoms with van der Waals surface area (Å²) in [5, 5.41) is 16.8. The molecule has 0 heterocycles. The molecule has 1 N–H and O–H groups in total. The second kappa shape index (κ2) is 5.73. The zero-order valence-corrected chi connectivity index (χ0v) is 10.3. The number of azo groups is 1. The third kappa shape index (κ3) is 3.81. The predicted molar refractivity (Wildman–Crippen MR) is 67.8 cm³/mol. The van der Waals surface area contributed by atoms with Crippen LogP contribution in [0.5, 0.6) is 5.75 Å². The summed E-state index contributed by atoms with van der Waals surface area (Å²) in [6.45, 7) is 0.293. The molecule has 0 aliphatic heterocycles. The van der Waals surface area contributed by atoms with Crippen molar-refractivity contribution in [3.8, 4) is 5.75 Å². The van der Waals surface area contributed by atoms with Gasteiger partial charge in [0.05, 0.1) is 17.8 Å². The van der Waals surface area contributed by atoms with E-state index in [0.29, 0.717) is 12.2 Å². The molecule has 2 aromatic rings. The van der Waals surface area contributed by atoms with Crippen molar-refractivity contribution >= 4 is 5.69 Å². The second-order valence-electron chi connectivity index (χ2n) is 4.11. The summed E-state index contributed by atoms with van der Waals surface area (Å²) < 4.78 is 37.1. The van der Waals surface area contributed by atoms with Gasteiger partial charge in [-0.25, -0.2) is 0 Å². The number of halogens is 3. The van der Waals surface area contributed by atoms with E-state index >= 15 is 0 Å². The Balaban J connectivity index is 1.99. The van der Waals surface area contributed by atoms with Gasteiger partial charge in [0.2, 0.25) is 0 Å². The number of phenols is 1. The zero-order valence-electron chi connectivity index (χ0n) is 10.3. The van der Waals surface area contributed by atoms with Crippen LogP contribution in [0, 0.1) is 0 Å². The molecule has 0 amide bonds. The van der Waals surface area contributed by atoms with Gasteiger partial charge in [-0.1, -0.05) is 12.1 Å². The van der Waals surface area contributed by atoms with Gasteiger partial charge in [-0.2, -0.15) is 23.4 Å². The number of nitrogens with zero attached hydrogens (tertiary/aromatic N) is 2. The van der Waals surface area contributed by atoms with E-state index in [4.69, 9.17) is 5.11 Å². The number of phenolic OH excluding ortho intramolecular Hbond substituents is 1. The fourth-order valence-electron chi connectivity index (χ4n) is 1.52. The maximum atomic E-state index is 12.4. The number of hydrogen-bond acceptors (Lipinski definition) is 3. The Morgan fingerprint density at radius 3 is 2.05 bits per heavy atom. The number of rotatable bonds is 3. The topological polar surface area (TPSA) is 45.0 Å². The van der Waals surface area contributed by atoms with Crippen LogP contribution in [0.15, 0.2) is 58.8 Å². The minimum Gasteiger partial charge on any atom is -0.508 e. The lowest BCUT2D eigenvalue weighted by Crippen LogP contribution is -2.03. The average Bonchev–Trinajstić information content (AvgIpc) is 2.41. The first kappa shape index (κ1) is 14.0. The molecule has 0 atom stereocenters. The first-order valence-corrected chi connectivity index (χ1v) is 5.78. The van der Waals surface area contributed by atoms with Gasteiger partial charge in [0.15, 0.2) is 0 Å². The Morgan fingerprint density at radius 2 is 1.50 bits per heavy atom. The van der Waals surface area contributed by atoms with Crippen molar-refractivity contribution in [3.63, 3.8) is 0 Å². The smallest absolute Gasteiger partial charge is 0.416 e. The first-order valence-electron chi connectivity index (χ1n) is 5.78. The van der Waals surface area contributed by atoms with Crippen LogP contribution in [0.3, 0.4) is 0 Å².